The average Bonchev–Trinajstić information content (AvgIpc) is 4.03. The van der Waals surface area contributed by atoms with Crippen molar-refractivity contribution in [2.24, 2.45) is 0 Å². The predicted molar refractivity (Wildman–Crippen MR) is 273 cm³/mol. The van der Waals surface area contributed by atoms with Gasteiger partial charge in [-0.3, -0.25) is 4.57 Å². The molecule has 4 heterocycles. The second-order valence-corrected chi connectivity index (χ2v) is 17.8. The number of benzene rings is 10. The Kier molecular flexibility index (Phi) is 7.79. The normalized spacial score (nSPS) is 12.0. The highest BCUT2D eigenvalue weighted by atomic mass is 32.1. The number of hydrogen-bond acceptors (Lipinski definition) is 4. The summed E-state index contributed by atoms with van der Waals surface area (Å²) < 4.78 is 7.27. The zero-order chi connectivity index (χ0) is 42.6. The molecule has 65 heavy (non-hydrogen) atoms. The molecule has 0 amide bonds. The van der Waals surface area contributed by atoms with Gasteiger partial charge in [0.2, 0.25) is 5.95 Å². The highest BCUT2D eigenvalue weighted by molar-refractivity contribution is 7.26. The summed E-state index contributed by atoms with van der Waals surface area (Å²) in [6.07, 6.45) is 0. The number of rotatable bonds is 5. The first-order valence-corrected chi connectivity index (χ1v) is 22.8. The maximum absolute atomic E-state index is 5.34. The number of aromatic nitrogens is 5. The van der Waals surface area contributed by atoms with E-state index in [0.29, 0.717) is 17.6 Å². The molecule has 0 aliphatic rings. The summed E-state index contributed by atoms with van der Waals surface area (Å²) in [5.41, 5.74) is 9.91. The molecule has 0 radical (unpaired) electrons. The van der Waals surface area contributed by atoms with Crippen molar-refractivity contribution in [2.75, 3.05) is 0 Å². The third-order valence-corrected chi connectivity index (χ3v) is 14.4. The summed E-state index contributed by atoms with van der Waals surface area (Å²) >= 11 is 1.87. The Labute approximate surface area is 376 Å². The Morgan fingerprint density at radius 1 is 0.323 bits per heavy atom. The molecule has 0 N–H and O–H groups in total. The van der Waals surface area contributed by atoms with Crippen LogP contribution in [0.2, 0.25) is 0 Å². The molecule has 14 aromatic rings. The van der Waals surface area contributed by atoms with E-state index in [1.165, 1.54) is 47.7 Å². The standard InChI is InChI=1S/C59H35N5S/c1-3-18-40-36(14-1)16-11-24-46(40)57-60-58(47-25-12-17-37-15-2-4-19-41(37)47)62-59(61-57)64-51-27-9-6-21-43(51)49-35-39(31-33-53(49)64)38-30-32-52-48(34-38)42-20-5-8-26-50(42)63(52)54-28-13-23-45-44-22-7-10-29-55(44)65-56(45)54/h1-35H. The molecule has 14 rings (SSSR count). The molecule has 0 saturated heterocycles. The Bertz CT molecular complexity index is 4160. The molecule has 0 aliphatic carbocycles. The molecule has 0 bridgehead atoms. The summed E-state index contributed by atoms with van der Waals surface area (Å²) in [4.78, 5) is 15.9. The number of hydrogen-bond donors (Lipinski definition) is 0. The van der Waals surface area contributed by atoms with E-state index in [0.717, 1.165) is 65.6 Å². The maximum Gasteiger partial charge on any atom is 0.238 e. The highest BCUT2D eigenvalue weighted by Crippen LogP contribution is 2.43. The van der Waals surface area contributed by atoms with Gasteiger partial charge < -0.3 is 4.57 Å². The van der Waals surface area contributed by atoms with Gasteiger partial charge in [0.15, 0.2) is 11.6 Å². The number of para-hydroxylation sites is 2. The minimum atomic E-state index is 0.577. The second kappa shape index (κ2) is 14.0. The van der Waals surface area contributed by atoms with Crippen LogP contribution in [0.3, 0.4) is 0 Å². The van der Waals surface area contributed by atoms with Gasteiger partial charge in [-0.15, -0.1) is 11.3 Å². The van der Waals surface area contributed by atoms with Crippen LogP contribution in [0.1, 0.15) is 0 Å². The average molecular weight is 846 g/mol. The van der Waals surface area contributed by atoms with E-state index in [4.69, 9.17) is 15.0 Å². The van der Waals surface area contributed by atoms with Gasteiger partial charge in [0.25, 0.3) is 0 Å². The number of fused-ring (bicyclic) bond motifs is 11. The lowest BCUT2D eigenvalue weighted by atomic mass is 10.0. The van der Waals surface area contributed by atoms with Crippen LogP contribution in [0, 0.1) is 0 Å². The third-order valence-electron chi connectivity index (χ3n) is 13.2. The van der Waals surface area contributed by atoms with Crippen molar-refractivity contribution in [1.82, 2.24) is 24.1 Å². The predicted octanol–water partition coefficient (Wildman–Crippen LogP) is 15.7. The van der Waals surface area contributed by atoms with E-state index in [1.807, 2.05) is 11.3 Å². The molecule has 6 heteroatoms. The smallest absolute Gasteiger partial charge is 0.238 e. The fourth-order valence-corrected chi connectivity index (χ4v) is 11.4. The number of nitrogens with zero attached hydrogens (tertiary/aromatic N) is 5. The van der Waals surface area contributed by atoms with Crippen molar-refractivity contribution in [1.29, 1.82) is 0 Å². The molecule has 4 aromatic heterocycles. The summed E-state index contributed by atoms with van der Waals surface area (Å²) in [5.74, 6) is 1.84. The Morgan fingerprint density at radius 3 is 1.42 bits per heavy atom. The maximum atomic E-state index is 5.34. The molecule has 10 aromatic carbocycles. The lowest BCUT2D eigenvalue weighted by molar-refractivity contribution is 0.955. The first-order chi connectivity index (χ1) is 32.2. The Balaban J connectivity index is 0.965. The zero-order valence-electron chi connectivity index (χ0n) is 34.9. The first-order valence-electron chi connectivity index (χ1n) is 21.9. The first kappa shape index (κ1) is 36.1. The molecule has 0 atom stereocenters. The quantitative estimate of drug-likeness (QED) is 0.173. The molecule has 0 fully saturated rings. The fraction of sp³-hybridized carbons (Fsp3) is 0. The van der Waals surface area contributed by atoms with Crippen LogP contribution in [0.5, 0.6) is 0 Å². The minimum absolute atomic E-state index is 0.577. The lowest BCUT2D eigenvalue weighted by Gasteiger charge is -2.13. The fourth-order valence-electron chi connectivity index (χ4n) is 10.2. The molecule has 0 saturated carbocycles. The molecule has 302 valence electrons. The topological polar surface area (TPSA) is 48.5 Å². The number of thiophene rings is 1. The van der Waals surface area contributed by atoms with E-state index < -0.39 is 0 Å². The third kappa shape index (κ3) is 5.48. The Hall–Kier alpha value is -8.45. The van der Waals surface area contributed by atoms with Crippen LogP contribution in [-0.4, -0.2) is 24.1 Å². The van der Waals surface area contributed by atoms with Gasteiger partial charge in [0.05, 0.1) is 32.5 Å². The molecular formula is C59H35N5S. The van der Waals surface area contributed by atoms with Crippen molar-refractivity contribution in [2.45, 2.75) is 0 Å². The van der Waals surface area contributed by atoms with Gasteiger partial charge in [-0.2, -0.15) is 9.97 Å². The van der Waals surface area contributed by atoms with Crippen molar-refractivity contribution in [3.8, 4) is 45.5 Å². The van der Waals surface area contributed by atoms with Crippen LogP contribution < -0.4 is 0 Å². The van der Waals surface area contributed by atoms with E-state index in [9.17, 15) is 0 Å². The molecule has 0 spiro atoms. The van der Waals surface area contributed by atoms with Crippen LogP contribution in [-0.2, 0) is 0 Å². The lowest BCUT2D eigenvalue weighted by Crippen LogP contribution is -2.06. The van der Waals surface area contributed by atoms with Gasteiger partial charge >= 0.3 is 0 Å². The van der Waals surface area contributed by atoms with E-state index >= 15 is 0 Å². The summed E-state index contributed by atoms with van der Waals surface area (Å²) in [5, 5.41) is 11.8. The highest BCUT2D eigenvalue weighted by Gasteiger charge is 2.21. The molecule has 0 unspecified atom stereocenters. The van der Waals surface area contributed by atoms with Gasteiger partial charge in [-0.25, -0.2) is 4.98 Å². The van der Waals surface area contributed by atoms with Crippen LogP contribution in [0.4, 0.5) is 0 Å². The molecule has 5 nitrogen and oxygen atoms in total. The van der Waals surface area contributed by atoms with Crippen molar-refractivity contribution < 1.29 is 0 Å². The molecule has 0 aliphatic heterocycles. The SMILES string of the molecule is c1ccc2c(-c3nc(-c4cccc5ccccc45)nc(-n4c5ccccc5c5cc(-c6ccc7c(c6)c6ccccc6n7-c6cccc7c6sc6ccccc67)ccc54)n3)cccc2c1. The molecular weight excluding hydrogens is 811 g/mol. The van der Waals surface area contributed by atoms with E-state index in [1.54, 1.807) is 0 Å². The van der Waals surface area contributed by atoms with Gasteiger partial charge in [-0.05, 0) is 81.2 Å². The zero-order valence-corrected chi connectivity index (χ0v) is 35.7. The largest absolute Gasteiger partial charge is 0.308 e. The van der Waals surface area contributed by atoms with Gasteiger partial charge in [0, 0.05) is 48.1 Å². The van der Waals surface area contributed by atoms with Crippen LogP contribution in [0.15, 0.2) is 212 Å². The van der Waals surface area contributed by atoms with Crippen molar-refractivity contribution in [3.05, 3.63) is 212 Å². The summed E-state index contributed by atoms with van der Waals surface area (Å²) in [7, 11) is 0. The summed E-state index contributed by atoms with van der Waals surface area (Å²) in [6, 6.07) is 76.2. The monoisotopic (exact) mass is 845 g/mol. The Morgan fingerprint density at radius 2 is 0.785 bits per heavy atom. The van der Waals surface area contributed by atoms with E-state index in [-0.39, 0.29) is 0 Å². The van der Waals surface area contributed by atoms with E-state index in [2.05, 4.69) is 221 Å². The minimum Gasteiger partial charge on any atom is -0.308 e. The van der Waals surface area contributed by atoms with Crippen molar-refractivity contribution in [3.63, 3.8) is 0 Å². The summed E-state index contributed by atoms with van der Waals surface area (Å²) in [6.45, 7) is 0. The van der Waals surface area contributed by atoms with Crippen LogP contribution in [0.25, 0.3) is 131 Å². The van der Waals surface area contributed by atoms with Gasteiger partial charge in [-0.1, -0.05) is 164 Å². The van der Waals surface area contributed by atoms with Crippen molar-refractivity contribution >= 4 is 96.7 Å². The van der Waals surface area contributed by atoms with Crippen LogP contribution >= 0.6 is 11.3 Å². The second-order valence-electron chi connectivity index (χ2n) is 16.8. The van der Waals surface area contributed by atoms with Gasteiger partial charge in [0.1, 0.15) is 0 Å².